The van der Waals surface area contributed by atoms with Crippen LogP contribution in [-0.4, -0.2) is 17.5 Å². The number of nitrogens with one attached hydrogen (secondary N) is 1. The van der Waals surface area contributed by atoms with Crippen LogP contribution in [-0.2, 0) is 11.3 Å². The van der Waals surface area contributed by atoms with Crippen molar-refractivity contribution in [3.8, 4) is 5.75 Å². The molecule has 18 heavy (non-hydrogen) atoms. The second-order valence-corrected chi connectivity index (χ2v) is 4.74. The predicted molar refractivity (Wildman–Crippen MR) is 70.6 cm³/mol. The Morgan fingerprint density at radius 2 is 2.28 bits per heavy atom. The number of rotatable bonds is 5. The molecule has 0 aliphatic rings. The summed E-state index contributed by atoms with van der Waals surface area (Å²) in [5.74, 6) is 0.593. The van der Waals surface area contributed by atoms with Gasteiger partial charge in [-0.1, -0.05) is 18.2 Å². The van der Waals surface area contributed by atoms with Gasteiger partial charge in [0.2, 0.25) is 0 Å². The summed E-state index contributed by atoms with van der Waals surface area (Å²) in [6.45, 7) is 2.42. The van der Waals surface area contributed by atoms with Crippen LogP contribution < -0.4 is 10.1 Å². The molecule has 1 aromatic heterocycles. The fourth-order valence-electron chi connectivity index (χ4n) is 1.43. The molecule has 2 rings (SSSR count). The molecular weight excluding hydrogens is 248 g/mol. The lowest BCUT2D eigenvalue weighted by Crippen LogP contribution is -2.28. The quantitative estimate of drug-likeness (QED) is 0.898. The van der Waals surface area contributed by atoms with Gasteiger partial charge in [-0.05, 0) is 18.6 Å². The third-order valence-electron chi connectivity index (χ3n) is 2.37. The number of carbonyl (C=O) groups excluding carboxylic acids is 1. The molecule has 1 amide bonds. The van der Waals surface area contributed by atoms with E-state index in [2.05, 4.69) is 10.3 Å². The van der Waals surface area contributed by atoms with Crippen LogP contribution in [0.4, 0.5) is 0 Å². The fourth-order valence-corrected chi connectivity index (χ4v) is 1.98. The number of thiazole rings is 1. The van der Waals surface area contributed by atoms with Gasteiger partial charge >= 0.3 is 0 Å². The minimum atomic E-state index is -0.145. The molecule has 4 nitrogen and oxygen atoms in total. The zero-order chi connectivity index (χ0) is 12.8. The summed E-state index contributed by atoms with van der Waals surface area (Å²) in [4.78, 5) is 15.6. The van der Waals surface area contributed by atoms with Crippen molar-refractivity contribution < 1.29 is 9.53 Å². The Labute approximate surface area is 110 Å². The largest absolute Gasteiger partial charge is 0.484 e. The molecule has 0 unspecified atom stereocenters. The molecular formula is C13H14N2O2S. The molecule has 5 heteroatoms. The molecule has 0 saturated heterocycles. The van der Waals surface area contributed by atoms with Gasteiger partial charge in [0.15, 0.2) is 6.61 Å². The number of aromatic nitrogens is 1. The number of nitrogens with zero attached hydrogens (tertiary/aromatic N) is 1. The minimum Gasteiger partial charge on any atom is -0.484 e. The number of carbonyl (C=O) groups is 1. The molecule has 0 bridgehead atoms. The van der Waals surface area contributed by atoms with Crippen LogP contribution in [0.25, 0.3) is 0 Å². The van der Waals surface area contributed by atoms with E-state index in [1.54, 1.807) is 6.20 Å². The molecule has 94 valence electrons. The van der Waals surface area contributed by atoms with Gasteiger partial charge in [-0.3, -0.25) is 4.79 Å². The summed E-state index contributed by atoms with van der Waals surface area (Å²) >= 11 is 1.52. The Morgan fingerprint density at radius 3 is 3.00 bits per heavy atom. The molecule has 0 atom stereocenters. The molecule has 0 radical (unpaired) electrons. The van der Waals surface area contributed by atoms with Crippen LogP contribution in [0.1, 0.15) is 10.6 Å². The van der Waals surface area contributed by atoms with E-state index in [-0.39, 0.29) is 12.5 Å². The van der Waals surface area contributed by atoms with E-state index in [0.717, 1.165) is 16.3 Å². The number of para-hydroxylation sites is 1. The minimum absolute atomic E-state index is 0.0240. The first-order valence-electron chi connectivity index (χ1n) is 5.59. The maximum Gasteiger partial charge on any atom is 0.258 e. The van der Waals surface area contributed by atoms with Crippen LogP contribution in [0.5, 0.6) is 5.75 Å². The average molecular weight is 262 g/mol. The van der Waals surface area contributed by atoms with E-state index < -0.39 is 0 Å². The first kappa shape index (κ1) is 12.6. The zero-order valence-electron chi connectivity index (χ0n) is 10.1. The third kappa shape index (κ3) is 3.56. The highest BCUT2D eigenvalue weighted by atomic mass is 32.1. The number of benzene rings is 1. The number of hydrogen-bond acceptors (Lipinski definition) is 4. The first-order chi connectivity index (χ1) is 8.75. The lowest BCUT2D eigenvalue weighted by molar-refractivity contribution is -0.123. The van der Waals surface area contributed by atoms with Gasteiger partial charge in [-0.15, -0.1) is 11.3 Å². The highest BCUT2D eigenvalue weighted by molar-refractivity contribution is 7.09. The van der Waals surface area contributed by atoms with Crippen LogP contribution in [0, 0.1) is 6.92 Å². The van der Waals surface area contributed by atoms with E-state index in [0.29, 0.717) is 6.54 Å². The second kappa shape index (κ2) is 6.16. The summed E-state index contributed by atoms with van der Waals surface area (Å²) in [5.41, 5.74) is 1.02. The van der Waals surface area contributed by atoms with Crippen molar-refractivity contribution in [3.05, 3.63) is 46.4 Å². The zero-order valence-corrected chi connectivity index (χ0v) is 10.9. The molecule has 0 aliphatic heterocycles. The smallest absolute Gasteiger partial charge is 0.258 e. The molecule has 2 aromatic rings. The van der Waals surface area contributed by atoms with Gasteiger partial charge in [0, 0.05) is 11.6 Å². The Balaban J connectivity index is 1.77. The van der Waals surface area contributed by atoms with Crippen LogP contribution in [0.3, 0.4) is 0 Å². The lowest BCUT2D eigenvalue weighted by atomic mass is 10.2. The average Bonchev–Trinajstić information content (AvgIpc) is 2.88. The molecule has 0 saturated carbocycles. The van der Waals surface area contributed by atoms with E-state index in [9.17, 15) is 4.79 Å². The summed E-state index contributed by atoms with van der Waals surface area (Å²) < 4.78 is 5.44. The van der Waals surface area contributed by atoms with Gasteiger partial charge in [0.25, 0.3) is 5.91 Å². The maximum absolute atomic E-state index is 11.6. The summed E-state index contributed by atoms with van der Waals surface area (Å²) in [6.07, 6.45) is 1.72. The topological polar surface area (TPSA) is 51.2 Å². The highest BCUT2D eigenvalue weighted by Gasteiger charge is 2.04. The molecule has 1 aromatic carbocycles. The van der Waals surface area contributed by atoms with E-state index >= 15 is 0 Å². The molecule has 0 fully saturated rings. The van der Waals surface area contributed by atoms with Crippen LogP contribution in [0.2, 0.25) is 0 Å². The van der Waals surface area contributed by atoms with Gasteiger partial charge in [0.1, 0.15) is 10.8 Å². The van der Waals surface area contributed by atoms with Crippen LogP contribution >= 0.6 is 11.3 Å². The predicted octanol–water partition coefficient (Wildman–Crippen LogP) is 2.15. The third-order valence-corrected chi connectivity index (χ3v) is 3.15. The van der Waals surface area contributed by atoms with Gasteiger partial charge in [0.05, 0.1) is 6.54 Å². The normalized spacial score (nSPS) is 10.1. The Bertz CT molecular complexity index is 511. The number of amides is 1. The Hall–Kier alpha value is -1.88. The lowest BCUT2D eigenvalue weighted by Gasteiger charge is -2.08. The summed E-state index contributed by atoms with van der Waals surface area (Å²) in [7, 11) is 0. The number of ether oxygens (including phenoxy) is 1. The summed E-state index contributed by atoms with van der Waals surface area (Å²) in [5, 5.41) is 5.53. The molecule has 1 heterocycles. The molecule has 0 spiro atoms. The van der Waals surface area contributed by atoms with Crippen molar-refractivity contribution >= 4 is 17.2 Å². The molecule has 0 aliphatic carbocycles. The number of hydrogen-bond donors (Lipinski definition) is 1. The Morgan fingerprint density at radius 1 is 1.44 bits per heavy atom. The first-order valence-corrected chi connectivity index (χ1v) is 6.47. The van der Waals surface area contributed by atoms with Crippen molar-refractivity contribution in [2.75, 3.05) is 6.61 Å². The van der Waals surface area contributed by atoms with Crippen molar-refractivity contribution in [1.82, 2.24) is 10.3 Å². The van der Waals surface area contributed by atoms with Crippen molar-refractivity contribution in [2.24, 2.45) is 0 Å². The summed E-state index contributed by atoms with van der Waals surface area (Å²) in [6, 6.07) is 7.62. The van der Waals surface area contributed by atoms with Crippen molar-refractivity contribution in [1.29, 1.82) is 0 Å². The monoisotopic (exact) mass is 262 g/mol. The standard InChI is InChI=1S/C13H14N2O2S/c1-10-4-2-3-5-11(10)17-9-12(16)15-8-13-14-6-7-18-13/h2-7H,8-9H2,1H3,(H,15,16). The highest BCUT2D eigenvalue weighted by Crippen LogP contribution is 2.15. The van der Waals surface area contributed by atoms with Crippen LogP contribution in [0.15, 0.2) is 35.8 Å². The van der Waals surface area contributed by atoms with Gasteiger partial charge in [-0.25, -0.2) is 4.98 Å². The van der Waals surface area contributed by atoms with Crippen molar-refractivity contribution in [3.63, 3.8) is 0 Å². The number of aryl methyl sites for hydroxylation is 1. The van der Waals surface area contributed by atoms with Gasteiger partial charge < -0.3 is 10.1 Å². The maximum atomic E-state index is 11.6. The van der Waals surface area contributed by atoms with E-state index in [4.69, 9.17) is 4.74 Å². The van der Waals surface area contributed by atoms with Crippen molar-refractivity contribution in [2.45, 2.75) is 13.5 Å². The molecule has 1 N–H and O–H groups in total. The van der Waals surface area contributed by atoms with E-state index in [1.807, 2.05) is 36.6 Å². The SMILES string of the molecule is Cc1ccccc1OCC(=O)NCc1nccs1. The van der Waals surface area contributed by atoms with E-state index in [1.165, 1.54) is 11.3 Å². The fraction of sp³-hybridized carbons (Fsp3) is 0.231. The Kier molecular flexibility index (Phi) is 4.30. The second-order valence-electron chi connectivity index (χ2n) is 3.76. The van der Waals surface area contributed by atoms with Gasteiger partial charge in [-0.2, -0.15) is 0 Å².